The van der Waals surface area contributed by atoms with Gasteiger partial charge in [0, 0.05) is 39.9 Å². The van der Waals surface area contributed by atoms with Crippen LogP contribution in [-0.4, -0.2) is 91.6 Å². The van der Waals surface area contributed by atoms with E-state index < -0.39 is 6.03 Å². The predicted octanol–water partition coefficient (Wildman–Crippen LogP) is 1.42. The van der Waals surface area contributed by atoms with Gasteiger partial charge in [0.25, 0.3) is 0 Å². The Hall–Kier alpha value is -2.79. The number of nitrogens with one attached hydrogen (secondary N) is 2. The second kappa shape index (κ2) is 10.3. The molecule has 0 aliphatic rings. The Morgan fingerprint density at radius 3 is 2.37 bits per heavy atom. The number of aromatic nitrogens is 3. The fraction of sp³-hybridized carbons (Fsp3) is 0.526. The number of nitrogens with zero attached hydrogens (tertiary/aromatic N) is 6. The van der Waals surface area contributed by atoms with Gasteiger partial charge in [-0.15, -0.1) is 0 Å². The first-order valence-corrected chi connectivity index (χ1v) is 10.3. The summed E-state index contributed by atoms with van der Waals surface area (Å²) in [5.41, 5.74) is 2.38. The molecule has 11 heteroatoms. The molecule has 0 aliphatic heterocycles. The Morgan fingerprint density at radius 1 is 1.03 bits per heavy atom. The summed E-state index contributed by atoms with van der Waals surface area (Å²) in [5.74, 6) is 0.456. The van der Waals surface area contributed by atoms with Crippen LogP contribution < -0.4 is 15.5 Å². The second-order valence-corrected chi connectivity index (χ2v) is 8.45. The van der Waals surface area contributed by atoms with E-state index in [0.29, 0.717) is 11.1 Å². The van der Waals surface area contributed by atoms with Crippen molar-refractivity contribution in [2.24, 2.45) is 0 Å². The SMILES string of the molecule is Cc1cc(-c2sc(NC(=O)NCC(=O)N(C)C)nc2C)nc(N(C)CCN(C)C)n1. The van der Waals surface area contributed by atoms with Crippen molar-refractivity contribution in [3.63, 3.8) is 0 Å². The molecule has 164 valence electrons. The summed E-state index contributed by atoms with van der Waals surface area (Å²) in [6, 6.07) is 1.43. The fourth-order valence-electron chi connectivity index (χ4n) is 2.43. The normalized spacial score (nSPS) is 10.8. The molecule has 2 rings (SSSR count). The van der Waals surface area contributed by atoms with E-state index in [1.807, 2.05) is 46.0 Å². The molecule has 0 atom stereocenters. The van der Waals surface area contributed by atoms with Gasteiger partial charge in [0.1, 0.15) is 0 Å². The number of amides is 3. The Balaban J connectivity index is 2.14. The molecule has 2 aromatic rings. The van der Waals surface area contributed by atoms with Crippen molar-refractivity contribution in [2.45, 2.75) is 13.8 Å². The van der Waals surface area contributed by atoms with Gasteiger partial charge in [0.2, 0.25) is 11.9 Å². The first kappa shape index (κ1) is 23.5. The number of carbonyl (C=O) groups is 2. The third-order valence-electron chi connectivity index (χ3n) is 4.22. The zero-order chi connectivity index (χ0) is 22.4. The van der Waals surface area contributed by atoms with Crippen LogP contribution in [0.1, 0.15) is 11.4 Å². The number of likely N-dealkylation sites (N-methyl/N-ethyl adjacent to an activating group) is 3. The number of carbonyl (C=O) groups excluding carboxylic acids is 2. The van der Waals surface area contributed by atoms with Crippen molar-refractivity contribution in [1.82, 2.24) is 30.1 Å². The molecule has 0 aliphatic carbocycles. The molecule has 0 saturated carbocycles. The summed E-state index contributed by atoms with van der Waals surface area (Å²) in [4.78, 5) is 43.7. The summed E-state index contributed by atoms with van der Waals surface area (Å²) in [7, 11) is 9.28. The van der Waals surface area contributed by atoms with Crippen LogP contribution in [0.25, 0.3) is 10.6 Å². The zero-order valence-electron chi connectivity index (χ0n) is 18.6. The van der Waals surface area contributed by atoms with E-state index in [1.54, 1.807) is 14.1 Å². The monoisotopic (exact) mass is 434 g/mol. The number of urea groups is 1. The molecule has 2 heterocycles. The van der Waals surface area contributed by atoms with Crippen LogP contribution in [0.2, 0.25) is 0 Å². The maximum Gasteiger partial charge on any atom is 0.321 e. The van der Waals surface area contributed by atoms with Gasteiger partial charge in [-0.2, -0.15) is 0 Å². The zero-order valence-corrected chi connectivity index (χ0v) is 19.4. The van der Waals surface area contributed by atoms with Gasteiger partial charge in [0.15, 0.2) is 5.13 Å². The van der Waals surface area contributed by atoms with Crippen LogP contribution >= 0.6 is 11.3 Å². The Morgan fingerprint density at radius 2 is 1.73 bits per heavy atom. The quantitative estimate of drug-likeness (QED) is 0.647. The van der Waals surface area contributed by atoms with Crippen LogP contribution in [-0.2, 0) is 4.79 Å². The van der Waals surface area contributed by atoms with Gasteiger partial charge in [-0.25, -0.2) is 19.7 Å². The topological polar surface area (TPSA) is 107 Å². The van der Waals surface area contributed by atoms with E-state index in [-0.39, 0.29) is 12.5 Å². The number of thiazole rings is 1. The minimum Gasteiger partial charge on any atom is -0.347 e. The highest BCUT2D eigenvalue weighted by Gasteiger charge is 2.16. The molecular formula is C19H30N8O2S. The van der Waals surface area contributed by atoms with Crippen molar-refractivity contribution in [1.29, 1.82) is 0 Å². The average molecular weight is 435 g/mol. The molecular weight excluding hydrogens is 404 g/mol. The van der Waals surface area contributed by atoms with Crippen LogP contribution in [0.3, 0.4) is 0 Å². The van der Waals surface area contributed by atoms with E-state index in [1.165, 1.54) is 16.2 Å². The molecule has 0 spiro atoms. The van der Waals surface area contributed by atoms with E-state index >= 15 is 0 Å². The molecule has 2 N–H and O–H groups in total. The van der Waals surface area contributed by atoms with Gasteiger partial charge >= 0.3 is 6.03 Å². The molecule has 3 amide bonds. The molecule has 0 aromatic carbocycles. The lowest BCUT2D eigenvalue weighted by atomic mass is 10.2. The summed E-state index contributed by atoms with van der Waals surface area (Å²) < 4.78 is 0. The highest BCUT2D eigenvalue weighted by Crippen LogP contribution is 2.32. The molecule has 0 radical (unpaired) electrons. The smallest absolute Gasteiger partial charge is 0.321 e. The van der Waals surface area contributed by atoms with Crippen molar-refractivity contribution in [3.05, 3.63) is 17.5 Å². The van der Waals surface area contributed by atoms with Crippen LogP contribution in [0.15, 0.2) is 6.07 Å². The van der Waals surface area contributed by atoms with E-state index in [4.69, 9.17) is 4.98 Å². The van der Waals surface area contributed by atoms with E-state index in [9.17, 15) is 9.59 Å². The van der Waals surface area contributed by atoms with Crippen LogP contribution in [0, 0.1) is 13.8 Å². The average Bonchev–Trinajstić information content (AvgIpc) is 3.03. The van der Waals surface area contributed by atoms with Gasteiger partial charge in [-0.1, -0.05) is 11.3 Å². The minimum atomic E-state index is -0.478. The number of hydrogen-bond acceptors (Lipinski definition) is 8. The highest BCUT2D eigenvalue weighted by atomic mass is 32.1. The lowest BCUT2D eigenvalue weighted by Crippen LogP contribution is -2.38. The molecule has 10 nitrogen and oxygen atoms in total. The Labute approximate surface area is 181 Å². The van der Waals surface area contributed by atoms with Crippen molar-refractivity contribution < 1.29 is 9.59 Å². The number of rotatable bonds is 8. The van der Waals surface area contributed by atoms with Crippen molar-refractivity contribution in [3.8, 4) is 10.6 Å². The number of aryl methyl sites for hydroxylation is 2. The summed E-state index contributed by atoms with van der Waals surface area (Å²) >= 11 is 1.33. The summed E-state index contributed by atoms with van der Waals surface area (Å²) in [6.45, 7) is 5.42. The van der Waals surface area contributed by atoms with E-state index in [2.05, 4.69) is 25.5 Å². The van der Waals surface area contributed by atoms with Crippen LogP contribution in [0.4, 0.5) is 15.9 Å². The largest absolute Gasteiger partial charge is 0.347 e. The van der Waals surface area contributed by atoms with E-state index in [0.717, 1.165) is 35.0 Å². The highest BCUT2D eigenvalue weighted by molar-refractivity contribution is 7.19. The molecule has 0 unspecified atom stereocenters. The molecule has 0 fully saturated rings. The first-order valence-electron chi connectivity index (χ1n) is 9.51. The fourth-order valence-corrected chi connectivity index (χ4v) is 3.35. The first-order chi connectivity index (χ1) is 14.1. The molecule has 2 aromatic heterocycles. The van der Waals surface area contributed by atoms with Gasteiger partial charge in [-0.3, -0.25) is 10.1 Å². The molecule has 0 saturated heterocycles. The molecule has 0 bridgehead atoms. The lowest BCUT2D eigenvalue weighted by molar-refractivity contribution is -0.127. The van der Waals surface area contributed by atoms with Gasteiger partial charge < -0.3 is 20.0 Å². The molecule has 30 heavy (non-hydrogen) atoms. The minimum absolute atomic E-state index is 0.0796. The second-order valence-electron chi connectivity index (χ2n) is 7.45. The predicted molar refractivity (Wildman–Crippen MR) is 120 cm³/mol. The van der Waals surface area contributed by atoms with Gasteiger partial charge in [0.05, 0.1) is 22.8 Å². The number of hydrogen-bond donors (Lipinski definition) is 2. The maximum atomic E-state index is 12.1. The van der Waals surface area contributed by atoms with Crippen LogP contribution in [0.5, 0.6) is 0 Å². The third-order valence-corrected chi connectivity index (χ3v) is 5.31. The van der Waals surface area contributed by atoms with Crippen molar-refractivity contribution in [2.75, 3.05) is 65.1 Å². The maximum absolute atomic E-state index is 12.1. The van der Waals surface area contributed by atoms with Crippen molar-refractivity contribution >= 4 is 34.4 Å². The summed E-state index contributed by atoms with van der Waals surface area (Å²) in [5, 5.41) is 5.65. The van der Waals surface area contributed by atoms with Gasteiger partial charge in [-0.05, 0) is 34.0 Å². The standard InChI is InChI=1S/C19H30N8O2S/c1-12-10-14(23-17(21-12)27(7)9-8-25(3)4)16-13(2)22-19(30-16)24-18(29)20-11-15(28)26(5)6/h10H,8-9,11H2,1-7H3,(H2,20,22,24,29). The Bertz CT molecular complexity index is 897. The summed E-state index contributed by atoms with van der Waals surface area (Å²) in [6.07, 6.45) is 0. The third kappa shape index (κ3) is 6.63. The Kier molecular flexibility index (Phi) is 8.07. The number of anilines is 2. The lowest BCUT2D eigenvalue weighted by Gasteiger charge is -2.20.